The molecule has 3 rings (SSSR count). The third-order valence-electron chi connectivity index (χ3n) is 4.62. The number of aldehydes is 1. The third kappa shape index (κ3) is 5.45. The van der Waals surface area contributed by atoms with Gasteiger partial charge in [-0.25, -0.2) is 4.99 Å². The quantitative estimate of drug-likeness (QED) is 0.301. The molecule has 1 heterocycles. The van der Waals surface area contributed by atoms with E-state index in [9.17, 15) is 9.59 Å². The highest BCUT2D eigenvalue weighted by molar-refractivity contribution is 6.19. The summed E-state index contributed by atoms with van der Waals surface area (Å²) in [5, 5.41) is 13.7. The van der Waals surface area contributed by atoms with Crippen LogP contribution in [0.1, 0.15) is 17.5 Å². The summed E-state index contributed by atoms with van der Waals surface area (Å²) in [6.07, 6.45) is 2.70. The molecule has 5 N–H and O–H groups in total. The average Bonchev–Trinajstić information content (AvgIpc) is 2.93. The molecule has 0 saturated carbocycles. The lowest BCUT2D eigenvalue weighted by molar-refractivity contribution is -0.117. The molecule has 2 unspecified atom stereocenters. The second-order valence-electron chi connectivity index (χ2n) is 6.84. The number of nitrogens with zero attached hydrogens (tertiary/aromatic N) is 2. The Morgan fingerprint density at radius 1 is 1.28 bits per heavy atom. The molecule has 2 atom stereocenters. The molecular formula is C23H24N6O3. The number of carbonyl (C=O) groups excluding carboxylic acids is 2. The molecule has 9 heteroatoms. The van der Waals surface area contributed by atoms with Crippen molar-refractivity contribution in [3.05, 3.63) is 78.0 Å². The van der Waals surface area contributed by atoms with Gasteiger partial charge in [-0.3, -0.25) is 10.2 Å². The maximum absolute atomic E-state index is 12.8. The van der Waals surface area contributed by atoms with Gasteiger partial charge >= 0.3 is 0 Å². The number of hydrogen-bond acceptors (Lipinski definition) is 7. The molecular weight excluding hydrogens is 408 g/mol. The monoisotopic (exact) mass is 432 g/mol. The van der Waals surface area contributed by atoms with Crippen LogP contribution < -0.4 is 16.4 Å². The first-order chi connectivity index (χ1) is 15.5. The first-order valence-corrected chi connectivity index (χ1v) is 9.94. The van der Waals surface area contributed by atoms with Crippen LogP contribution in [0.3, 0.4) is 0 Å². The Labute approximate surface area is 185 Å². The van der Waals surface area contributed by atoms with Gasteiger partial charge in [0.2, 0.25) is 6.17 Å². The van der Waals surface area contributed by atoms with Crippen molar-refractivity contribution in [3.63, 3.8) is 0 Å². The van der Waals surface area contributed by atoms with Gasteiger partial charge in [-0.2, -0.15) is 4.99 Å². The molecule has 0 saturated heterocycles. The van der Waals surface area contributed by atoms with E-state index >= 15 is 0 Å². The van der Waals surface area contributed by atoms with E-state index < -0.39 is 24.0 Å². The van der Waals surface area contributed by atoms with Gasteiger partial charge in [0.25, 0.3) is 11.9 Å². The van der Waals surface area contributed by atoms with Gasteiger partial charge in [0.15, 0.2) is 5.90 Å². The highest BCUT2D eigenvalue weighted by atomic mass is 16.5. The molecule has 1 amide bonds. The average molecular weight is 432 g/mol. The predicted molar refractivity (Wildman–Crippen MR) is 124 cm³/mol. The Balaban J connectivity index is 1.92. The van der Waals surface area contributed by atoms with Crippen LogP contribution in [-0.2, 0) is 14.3 Å². The Morgan fingerprint density at radius 2 is 2.00 bits per heavy atom. The molecule has 0 fully saturated rings. The zero-order valence-corrected chi connectivity index (χ0v) is 17.5. The van der Waals surface area contributed by atoms with Gasteiger partial charge in [-0.15, -0.1) is 0 Å². The number of nitrogens with one attached hydrogen (secondary N) is 3. The number of aliphatic imine (C=N–C) groups is 2. The number of nitrogens with two attached hydrogens (primary N) is 1. The number of amidine groups is 1. The predicted octanol–water partition coefficient (Wildman–Crippen LogP) is 2.05. The fraction of sp³-hybridized carbons (Fsp3) is 0.174. The minimum Gasteiger partial charge on any atom is -0.411 e. The Bertz CT molecular complexity index is 1080. The van der Waals surface area contributed by atoms with E-state index in [0.717, 1.165) is 11.1 Å². The molecule has 164 valence electrons. The van der Waals surface area contributed by atoms with Crippen LogP contribution in [0.2, 0.25) is 0 Å². The third-order valence-corrected chi connectivity index (χ3v) is 4.62. The number of rotatable bonds is 7. The Morgan fingerprint density at radius 3 is 2.72 bits per heavy atom. The van der Waals surface area contributed by atoms with E-state index in [1.54, 1.807) is 25.4 Å². The highest BCUT2D eigenvalue weighted by Gasteiger charge is 2.26. The van der Waals surface area contributed by atoms with Crippen molar-refractivity contribution < 1.29 is 14.3 Å². The first kappa shape index (κ1) is 22.4. The molecule has 0 spiro atoms. The lowest BCUT2D eigenvalue weighted by Gasteiger charge is -2.13. The summed E-state index contributed by atoms with van der Waals surface area (Å²) in [5.74, 6) is -1.38. The summed E-state index contributed by atoms with van der Waals surface area (Å²) in [6.45, 7) is 0. The van der Waals surface area contributed by atoms with Crippen LogP contribution in [0.5, 0.6) is 0 Å². The summed E-state index contributed by atoms with van der Waals surface area (Å²) in [4.78, 5) is 32.4. The van der Waals surface area contributed by atoms with Crippen LogP contribution in [0.25, 0.3) is 0 Å². The fourth-order valence-corrected chi connectivity index (χ4v) is 3.08. The second-order valence-corrected chi connectivity index (χ2v) is 6.84. The molecule has 0 aliphatic carbocycles. The molecule has 9 nitrogen and oxygen atoms in total. The number of ether oxygens (including phenoxy) is 1. The number of benzene rings is 2. The summed E-state index contributed by atoms with van der Waals surface area (Å²) in [6, 6.07) is 16.3. The van der Waals surface area contributed by atoms with Gasteiger partial charge in [0.05, 0.1) is 17.3 Å². The van der Waals surface area contributed by atoms with Gasteiger partial charge < -0.3 is 25.9 Å². The Hall–Kier alpha value is -4.27. The van der Waals surface area contributed by atoms with Crippen molar-refractivity contribution in [1.82, 2.24) is 5.32 Å². The molecule has 0 aromatic heterocycles. The molecule has 2 aromatic rings. The van der Waals surface area contributed by atoms with Crippen molar-refractivity contribution >= 4 is 35.5 Å². The lowest BCUT2D eigenvalue weighted by Crippen LogP contribution is -2.30. The maximum Gasteiger partial charge on any atom is 0.291 e. The van der Waals surface area contributed by atoms with Crippen molar-refractivity contribution in [2.24, 2.45) is 21.6 Å². The van der Waals surface area contributed by atoms with E-state index in [0.29, 0.717) is 17.7 Å². The van der Waals surface area contributed by atoms with Crippen molar-refractivity contribution in [3.8, 4) is 0 Å². The van der Waals surface area contributed by atoms with Gasteiger partial charge in [-0.05, 0) is 12.3 Å². The number of anilines is 1. The number of carbonyl (C=O) groups is 2. The number of benzodiazepines with no additional fused rings is 1. The maximum atomic E-state index is 12.8. The summed E-state index contributed by atoms with van der Waals surface area (Å²) in [7, 11) is 1.69. The summed E-state index contributed by atoms with van der Waals surface area (Å²) >= 11 is 0. The van der Waals surface area contributed by atoms with Crippen molar-refractivity contribution in [1.29, 1.82) is 5.41 Å². The largest absolute Gasteiger partial charge is 0.411 e. The molecule has 32 heavy (non-hydrogen) atoms. The normalized spacial score (nSPS) is 16.9. The minimum atomic E-state index is -1.22. The van der Waals surface area contributed by atoms with Crippen LogP contribution in [-0.4, -0.2) is 43.0 Å². The molecule has 0 radical (unpaired) electrons. The van der Waals surface area contributed by atoms with E-state index in [4.69, 9.17) is 15.9 Å². The van der Waals surface area contributed by atoms with Crippen molar-refractivity contribution in [2.75, 3.05) is 12.4 Å². The molecule has 1 aliphatic rings. The smallest absolute Gasteiger partial charge is 0.291 e. The minimum absolute atomic E-state index is 0.0415. The van der Waals surface area contributed by atoms with Crippen LogP contribution in [0, 0.1) is 11.3 Å². The molecule has 2 aromatic carbocycles. The van der Waals surface area contributed by atoms with Crippen LogP contribution in [0.15, 0.2) is 76.9 Å². The highest BCUT2D eigenvalue weighted by Crippen LogP contribution is 2.24. The zero-order valence-electron chi connectivity index (χ0n) is 17.5. The first-order valence-electron chi connectivity index (χ1n) is 9.94. The second kappa shape index (κ2) is 10.7. The van der Waals surface area contributed by atoms with Crippen LogP contribution in [0.4, 0.5) is 5.69 Å². The molecule has 0 bridgehead atoms. The number of fused-ring (bicyclic) bond motifs is 1. The van der Waals surface area contributed by atoms with Gasteiger partial charge in [-0.1, -0.05) is 54.6 Å². The zero-order chi connectivity index (χ0) is 22.9. The van der Waals surface area contributed by atoms with E-state index in [2.05, 4.69) is 20.6 Å². The summed E-state index contributed by atoms with van der Waals surface area (Å²) < 4.78 is 5.30. The van der Waals surface area contributed by atoms with Gasteiger partial charge in [0.1, 0.15) is 6.29 Å². The standard InChI is InChI=1S/C23H24N6O3/c1-26-13-11-16(12-14-30)20(24)32-23(25)29-21-22(31)27-18-10-6-5-9-17(18)19(28-21)15-7-3-2-4-8-15/h2-11,13-14,16,21,24,26H,12H2,1H3,(H2,25,29)(H,27,31)/b13-11-,24-20?. The van der Waals surface area contributed by atoms with E-state index in [1.807, 2.05) is 48.5 Å². The van der Waals surface area contributed by atoms with E-state index in [1.165, 1.54) is 0 Å². The van der Waals surface area contributed by atoms with Gasteiger partial charge in [0, 0.05) is 24.6 Å². The fourth-order valence-electron chi connectivity index (χ4n) is 3.08. The lowest BCUT2D eigenvalue weighted by atomic mass is 10.0. The van der Waals surface area contributed by atoms with Crippen LogP contribution >= 0.6 is 0 Å². The van der Waals surface area contributed by atoms with Crippen molar-refractivity contribution in [2.45, 2.75) is 12.6 Å². The topological polar surface area (TPSA) is 142 Å². The Kier molecular flexibility index (Phi) is 7.47. The van der Waals surface area contributed by atoms with E-state index in [-0.39, 0.29) is 12.3 Å². The SMILES string of the molecule is CN/C=C\C(CC=O)C(=N)OC(N)=NC1N=C(c2ccccc2)c2ccccc2NC1=O. The number of para-hydroxylation sites is 1. The molecule has 1 aliphatic heterocycles. The summed E-state index contributed by atoms with van der Waals surface area (Å²) in [5.41, 5.74) is 8.62. The number of amides is 1. The number of hydrogen-bond donors (Lipinski definition) is 4.